The van der Waals surface area contributed by atoms with Gasteiger partial charge in [0.15, 0.2) is 5.78 Å². The molecule has 0 bridgehead atoms. The van der Waals surface area contributed by atoms with Crippen molar-refractivity contribution in [1.82, 2.24) is 0 Å². The summed E-state index contributed by atoms with van der Waals surface area (Å²) >= 11 is 0. The molecule has 0 N–H and O–H groups in total. The number of carbonyl (C=O) groups excluding carboxylic acids is 1. The van der Waals surface area contributed by atoms with Gasteiger partial charge in [0.25, 0.3) is 0 Å². The second-order valence-corrected chi connectivity index (χ2v) is 4.88. The number of rotatable bonds is 2. The van der Waals surface area contributed by atoms with Crippen LogP contribution in [-0.2, 0) is 4.79 Å². The Morgan fingerprint density at radius 2 is 2.07 bits per heavy atom. The van der Waals surface area contributed by atoms with Gasteiger partial charge in [0, 0.05) is 0 Å². The van der Waals surface area contributed by atoms with Crippen molar-refractivity contribution in [3.05, 3.63) is 23.3 Å². The minimum absolute atomic E-state index is 0. The van der Waals surface area contributed by atoms with E-state index in [2.05, 4.69) is 20.8 Å². The number of carbonyl (C=O) groups is 1. The third kappa shape index (κ3) is 4.66. The smallest absolute Gasteiger partial charge is 1.00 e. The Balaban J connectivity index is 0. The van der Waals surface area contributed by atoms with E-state index in [1.165, 1.54) is 30.4 Å². The first-order valence-electron chi connectivity index (χ1n) is 5.32. The monoisotopic (exact) mass is 232 g/mol. The quantitative estimate of drug-likeness (QED) is 0.508. The van der Waals surface area contributed by atoms with Crippen LogP contribution in [0, 0.1) is 5.41 Å². The van der Waals surface area contributed by atoms with Crippen LogP contribution in [0.5, 0.6) is 0 Å². The average molecular weight is 232 g/mol. The largest absolute Gasteiger partial charge is 1.00 e. The van der Waals surface area contributed by atoms with E-state index in [1.807, 2.05) is 6.08 Å². The first-order valence-corrected chi connectivity index (χ1v) is 5.32. The summed E-state index contributed by atoms with van der Waals surface area (Å²) in [5.41, 5.74) is 3.05. The number of hydrogen-bond donors (Lipinski definition) is 0. The van der Waals surface area contributed by atoms with Crippen molar-refractivity contribution >= 4 is 5.78 Å². The molecule has 0 saturated carbocycles. The normalized spacial score (nSPS) is 20.3. The summed E-state index contributed by atoms with van der Waals surface area (Å²) in [4.78, 5) is 10.9. The predicted octanol–water partition coefficient (Wildman–Crippen LogP) is 0.775. The fourth-order valence-electron chi connectivity index (χ4n) is 2.21. The zero-order chi connectivity index (χ0) is 10.8. The predicted molar refractivity (Wildman–Crippen MR) is 61.3 cm³/mol. The van der Waals surface area contributed by atoms with Crippen molar-refractivity contribution in [3.63, 3.8) is 0 Å². The first-order chi connectivity index (χ1) is 6.43. The molecule has 0 aliphatic heterocycles. The molecule has 1 nitrogen and oxygen atoms in total. The minimum atomic E-state index is 0. The molecule has 1 rings (SSSR count). The molecule has 1 aliphatic carbocycles. The summed E-state index contributed by atoms with van der Waals surface area (Å²) in [7, 11) is 0. The van der Waals surface area contributed by atoms with Crippen LogP contribution in [0.3, 0.4) is 0 Å². The summed E-state index contributed by atoms with van der Waals surface area (Å²) in [6.07, 6.45) is 7.38. The summed E-state index contributed by atoms with van der Waals surface area (Å²) in [6, 6.07) is 0. The van der Waals surface area contributed by atoms with Gasteiger partial charge in [0.05, 0.1) is 0 Å². The summed E-state index contributed by atoms with van der Waals surface area (Å²) in [5, 5.41) is 0. The van der Waals surface area contributed by atoms with E-state index in [4.69, 9.17) is 0 Å². The topological polar surface area (TPSA) is 17.1 Å². The van der Waals surface area contributed by atoms with Gasteiger partial charge >= 0.3 is 51.4 Å². The molecule has 2 heteroatoms. The van der Waals surface area contributed by atoms with Crippen LogP contribution in [0.2, 0.25) is 0 Å². The van der Waals surface area contributed by atoms with E-state index in [9.17, 15) is 4.79 Å². The Labute approximate surface area is 137 Å². The number of hydrogen-bond acceptors (Lipinski definition) is 1. The van der Waals surface area contributed by atoms with E-state index >= 15 is 0 Å². The fourth-order valence-corrected chi connectivity index (χ4v) is 2.21. The Morgan fingerprint density at radius 3 is 2.53 bits per heavy atom. The molecule has 0 unspecified atom stereocenters. The van der Waals surface area contributed by atoms with Crippen LogP contribution < -0.4 is 51.4 Å². The van der Waals surface area contributed by atoms with Crippen LogP contribution in [0.4, 0.5) is 0 Å². The van der Waals surface area contributed by atoms with Crippen molar-refractivity contribution in [2.24, 2.45) is 5.41 Å². The summed E-state index contributed by atoms with van der Waals surface area (Å²) in [5.74, 6) is 0.131. The third-order valence-electron chi connectivity index (χ3n) is 3.03. The molecule has 0 heterocycles. The second-order valence-electron chi connectivity index (χ2n) is 4.88. The van der Waals surface area contributed by atoms with E-state index < -0.39 is 0 Å². The van der Waals surface area contributed by atoms with Gasteiger partial charge in [-0.15, -0.1) is 0 Å². The van der Waals surface area contributed by atoms with Crippen LogP contribution in [0.25, 0.3) is 0 Å². The third-order valence-corrected chi connectivity index (χ3v) is 3.03. The standard InChI is InChI=1S/C13H20O.K.H/c1-10-6-5-9-13(3,4)12(10)8-7-11(2)14;;/h7-8H,5-6,9H2,1-4H3;;/q;+1;-1/b8-7+;;. The van der Waals surface area contributed by atoms with Crippen molar-refractivity contribution in [3.8, 4) is 0 Å². The Morgan fingerprint density at radius 1 is 1.47 bits per heavy atom. The molecule has 80 valence electrons. The van der Waals surface area contributed by atoms with Crippen LogP contribution in [0.15, 0.2) is 23.3 Å². The van der Waals surface area contributed by atoms with Crippen LogP contribution >= 0.6 is 0 Å². The number of allylic oxidation sites excluding steroid dienone is 4. The zero-order valence-corrected chi connectivity index (χ0v) is 13.8. The van der Waals surface area contributed by atoms with Gasteiger partial charge in [-0.3, -0.25) is 4.79 Å². The SMILES string of the molecule is CC(=O)/C=C/C1=C(C)CCCC1(C)C.[H-].[K+]. The molecule has 0 aromatic rings. The molecule has 0 atom stereocenters. The maximum atomic E-state index is 10.9. The van der Waals surface area contributed by atoms with Crippen molar-refractivity contribution in [1.29, 1.82) is 0 Å². The molecule has 0 aromatic heterocycles. The van der Waals surface area contributed by atoms with Gasteiger partial charge in [-0.2, -0.15) is 0 Å². The number of ketones is 1. The van der Waals surface area contributed by atoms with Crippen molar-refractivity contribution < 1.29 is 57.6 Å². The van der Waals surface area contributed by atoms with E-state index in [1.54, 1.807) is 13.0 Å². The molecule has 0 amide bonds. The van der Waals surface area contributed by atoms with E-state index in [0.717, 1.165) is 0 Å². The molecule has 0 spiro atoms. The van der Waals surface area contributed by atoms with Crippen molar-refractivity contribution in [2.45, 2.75) is 47.0 Å². The zero-order valence-electron chi connectivity index (χ0n) is 11.7. The van der Waals surface area contributed by atoms with Gasteiger partial charge in [0.1, 0.15) is 0 Å². The molecule has 0 saturated heterocycles. The Kier molecular flexibility index (Phi) is 6.85. The van der Waals surface area contributed by atoms with E-state index in [0.29, 0.717) is 0 Å². The molecule has 0 radical (unpaired) electrons. The minimum Gasteiger partial charge on any atom is -1.00 e. The maximum Gasteiger partial charge on any atom is 1.00 e. The Bertz CT molecular complexity index is 303. The van der Waals surface area contributed by atoms with Gasteiger partial charge in [-0.1, -0.05) is 25.5 Å². The van der Waals surface area contributed by atoms with Gasteiger partial charge < -0.3 is 1.43 Å². The Hall–Kier alpha value is 0.786. The van der Waals surface area contributed by atoms with Crippen LogP contribution in [-0.4, -0.2) is 5.78 Å². The molecule has 15 heavy (non-hydrogen) atoms. The van der Waals surface area contributed by atoms with Gasteiger partial charge in [-0.25, -0.2) is 0 Å². The summed E-state index contributed by atoms with van der Waals surface area (Å²) < 4.78 is 0. The van der Waals surface area contributed by atoms with Gasteiger partial charge in [-0.05, 0) is 50.2 Å². The molecule has 0 fully saturated rings. The van der Waals surface area contributed by atoms with E-state index in [-0.39, 0.29) is 64.0 Å². The van der Waals surface area contributed by atoms with Crippen LogP contribution in [0.1, 0.15) is 48.4 Å². The second kappa shape index (κ2) is 6.50. The molecular formula is C13H21KO. The van der Waals surface area contributed by atoms with Crippen molar-refractivity contribution in [2.75, 3.05) is 0 Å². The molecule has 1 aliphatic rings. The summed E-state index contributed by atoms with van der Waals surface area (Å²) in [6.45, 7) is 8.30. The molecule has 0 aromatic carbocycles. The molecular weight excluding hydrogens is 211 g/mol. The van der Waals surface area contributed by atoms with Gasteiger partial charge in [0.2, 0.25) is 0 Å². The first kappa shape index (κ1) is 15.8. The maximum absolute atomic E-state index is 10.9. The average Bonchev–Trinajstić information content (AvgIpc) is 2.01. The fraction of sp³-hybridized carbons (Fsp3) is 0.615.